The first-order valence-corrected chi connectivity index (χ1v) is 8.14. The Labute approximate surface area is 146 Å². The van der Waals surface area contributed by atoms with Gasteiger partial charge in [0.05, 0.1) is 12.7 Å². The molecule has 0 atom stereocenters. The molecule has 0 spiro atoms. The topological polar surface area (TPSA) is 70.2 Å². The van der Waals surface area contributed by atoms with Crippen molar-refractivity contribution in [1.82, 2.24) is 15.3 Å². The molecule has 1 amide bonds. The number of amides is 1. The highest BCUT2D eigenvalue weighted by Crippen LogP contribution is 2.23. The number of methoxy groups -OCH3 is 1. The van der Waals surface area contributed by atoms with Gasteiger partial charge in [-0.25, -0.2) is 4.98 Å². The second-order valence-electron chi connectivity index (χ2n) is 6.00. The summed E-state index contributed by atoms with van der Waals surface area (Å²) >= 11 is 0. The lowest BCUT2D eigenvalue weighted by Gasteiger charge is -2.15. The quantitative estimate of drug-likeness (QED) is 0.725. The molecule has 0 unspecified atom stereocenters. The first-order chi connectivity index (χ1) is 12.1. The zero-order valence-electron chi connectivity index (χ0n) is 14.7. The molecule has 130 valence electrons. The summed E-state index contributed by atoms with van der Waals surface area (Å²) in [5, 5.41) is 4.09. The highest BCUT2D eigenvalue weighted by Gasteiger charge is 2.13. The third-order valence-electron chi connectivity index (χ3n) is 4.11. The summed E-state index contributed by atoms with van der Waals surface area (Å²) in [5.74, 6) is 1.37. The van der Waals surface area contributed by atoms with Crippen LogP contribution in [0.1, 0.15) is 15.9 Å². The largest absolute Gasteiger partial charge is 0.497 e. The number of fused-ring (bicyclic) bond motifs is 1. The predicted octanol–water partition coefficient (Wildman–Crippen LogP) is 2.61. The molecule has 3 aromatic rings. The number of rotatable bonds is 6. The van der Waals surface area contributed by atoms with E-state index < -0.39 is 0 Å². The Morgan fingerprint density at radius 1 is 1.32 bits per heavy atom. The number of ether oxygens (including phenoxy) is 1. The highest BCUT2D eigenvalue weighted by molar-refractivity contribution is 5.98. The van der Waals surface area contributed by atoms with Gasteiger partial charge < -0.3 is 19.9 Å². The molecule has 0 saturated heterocycles. The molecule has 0 aliphatic rings. The van der Waals surface area contributed by atoms with E-state index in [1.165, 1.54) is 0 Å². The summed E-state index contributed by atoms with van der Waals surface area (Å²) in [6.45, 7) is 0.546. The third kappa shape index (κ3) is 3.57. The number of carbonyl (C=O) groups excluding carboxylic acids is 1. The van der Waals surface area contributed by atoms with Crippen LogP contribution >= 0.6 is 0 Å². The van der Waals surface area contributed by atoms with Crippen molar-refractivity contribution in [3.8, 4) is 5.75 Å². The maximum absolute atomic E-state index is 12.5. The number of nitrogens with one attached hydrogen (secondary N) is 2. The molecule has 0 saturated carbocycles. The average molecular weight is 338 g/mol. The first-order valence-electron chi connectivity index (χ1n) is 8.14. The van der Waals surface area contributed by atoms with Gasteiger partial charge in [-0.15, -0.1) is 0 Å². The minimum absolute atomic E-state index is 0.116. The molecular formula is C19H22N4O2. The van der Waals surface area contributed by atoms with Gasteiger partial charge in [-0.3, -0.25) is 4.79 Å². The van der Waals surface area contributed by atoms with Gasteiger partial charge in [-0.05, 0) is 42.3 Å². The van der Waals surface area contributed by atoms with Gasteiger partial charge in [-0.2, -0.15) is 0 Å². The Morgan fingerprint density at radius 2 is 2.16 bits per heavy atom. The number of aromatic nitrogens is 2. The second kappa shape index (κ2) is 7.25. The van der Waals surface area contributed by atoms with Crippen LogP contribution in [-0.2, 0) is 6.42 Å². The average Bonchev–Trinajstić information content (AvgIpc) is 3.03. The second-order valence-corrected chi connectivity index (χ2v) is 6.00. The van der Waals surface area contributed by atoms with E-state index in [1.54, 1.807) is 25.4 Å². The van der Waals surface area contributed by atoms with Crippen molar-refractivity contribution in [2.24, 2.45) is 0 Å². The SMILES string of the molecule is COc1ccc2[nH]cc(CCNC(=O)c3cccnc3N(C)C)c2c1. The molecule has 0 aliphatic heterocycles. The molecule has 6 nitrogen and oxygen atoms in total. The minimum atomic E-state index is -0.116. The van der Waals surface area contributed by atoms with Crippen molar-refractivity contribution in [3.05, 3.63) is 53.9 Å². The van der Waals surface area contributed by atoms with Gasteiger partial charge in [0.15, 0.2) is 0 Å². The number of anilines is 1. The van der Waals surface area contributed by atoms with Gasteiger partial charge in [0.1, 0.15) is 11.6 Å². The Hall–Kier alpha value is -3.02. The number of hydrogen-bond acceptors (Lipinski definition) is 4. The van der Waals surface area contributed by atoms with Crippen LogP contribution in [0.3, 0.4) is 0 Å². The van der Waals surface area contributed by atoms with E-state index in [1.807, 2.05) is 43.4 Å². The first kappa shape index (κ1) is 16.8. The summed E-state index contributed by atoms with van der Waals surface area (Å²) in [6.07, 6.45) is 4.40. The zero-order chi connectivity index (χ0) is 17.8. The van der Waals surface area contributed by atoms with Crippen LogP contribution in [0.2, 0.25) is 0 Å². The van der Waals surface area contributed by atoms with E-state index in [2.05, 4.69) is 15.3 Å². The zero-order valence-corrected chi connectivity index (χ0v) is 14.7. The Bertz CT molecular complexity index is 886. The van der Waals surface area contributed by atoms with Crippen LogP contribution in [0.5, 0.6) is 5.75 Å². The lowest BCUT2D eigenvalue weighted by molar-refractivity contribution is 0.0954. The molecule has 0 bridgehead atoms. The standard InChI is InChI=1S/C19H22N4O2/c1-23(2)18-15(5-4-9-20-18)19(24)21-10-8-13-12-22-17-7-6-14(25-3)11-16(13)17/h4-7,9,11-12,22H,8,10H2,1-3H3,(H,21,24). The monoisotopic (exact) mass is 338 g/mol. The molecular weight excluding hydrogens is 316 g/mol. The van der Waals surface area contributed by atoms with Crippen molar-refractivity contribution in [3.63, 3.8) is 0 Å². The number of aromatic amines is 1. The number of hydrogen-bond donors (Lipinski definition) is 2. The number of benzene rings is 1. The molecule has 2 heterocycles. The molecule has 25 heavy (non-hydrogen) atoms. The normalized spacial score (nSPS) is 10.7. The molecule has 3 rings (SSSR count). The number of carbonyl (C=O) groups is 1. The number of H-pyrrole nitrogens is 1. The summed E-state index contributed by atoms with van der Waals surface area (Å²) < 4.78 is 5.29. The summed E-state index contributed by atoms with van der Waals surface area (Å²) in [4.78, 5) is 21.8. The Morgan fingerprint density at radius 3 is 2.92 bits per heavy atom. The Balaban J connectivity index is 1.68. The Kier molecular flexibility index (Phi) is 4.88. The van der Waals surface area contributed by atoms with Crippen LogP contribution in [0.15, 0.2) is 42.7 Å². The van der Waals surface area contributed by atoms with Gasteiger partial charge in [-0.1, -0.05) is 0 Å². The molecule has 0 radical (unpaired) electrons. The van der Waals surface area contributed by atoms with E-state index in [-0.39, 0.29) is 5.91 Å². The van der Waals surface area contributed by atoms with Gasteiger partial charge >= 0.3 is 0 Å². The van der Waals surface area contributed by atoms with E-state index in [0.717, 1.165) is 28.6 Å². The fourth-order valence-corrected chi connectivity index (χ4v) is 2.83. The lowest BCUT2D eigenvalue weighted by Crippen LogP contribution is -2.28. The fourth-order valence-electron chi connectivity index (χ4n) is 2.83. The van der Waals surface area contributed by atoms with Crippen molar-refractivity contribution in [1.29, 1.82) is 0 Å². The van der Waals surface area contributed by atoms with Crippen LogP contribution in [0.25, 0.3) is 10.9 Å². The van der Waals surface area contributed by atoms with Crippen molar-refractivity contribution in [2.45, 2.75) is 6.42 Å². The molecule has 2 N–H and O–H groups in total. The van der Waals surface area contributed by atoms with Crippen LogP contribution in [0, 0.1) is 0 Å². The van der Waals surface area contributed by atoms with Crippen molar-refractivity contribution >= 4 is 22.6 Å². The van der Waals surface area contributed by atoms with E-state index in [0.29, 0.717) is 17.9 Å². The third-order valence-corrected chi connectivity index (χ3v) is 4.11. The van der Waals surface area contributed by atoms with Crippen LogP contribution in [-0.4, -0.2) is 43.6 Å². The molecule has 1 aromatic carbocycles. The van der Waals surface area contributed by atoms with Gasteiger partial charge in [0, 0.05) is 43.9 Å². The smallest absolute Gasteiger partial charge is 0.255 e. The minimum Gasteiger partial charge on any atom is -0.497 e. The highest BCUT2D eigenvalue weighted by atomic mass is 16.5. The van der Waals surface area contributed by atoms with E-state index >= 15 is 0 Å². The van der Waals surface area contributed by atoms with E-state index in [9.17, 15) is 4.79 Å². The molecule has 0 fully saturated rings. The van der Waals surface area contributed by atoms with Crippen molar-refractivity contribution in [2.75, 3.05) is 32.6 Å². The number of nitrogens with zero attached hydrogens (tertiary/aromatic N) is 2. The maximum Gasteiger partial charge on any atom is 0.255 e. The summed E-state index contributed by atoms with van der Waals surface area (Å²) in [7, 11) is 5.40. The summed E-state index contributed by atoms with van der Waals surface area (Å²) in [5.41, 5.74) is 2.78. The van der Waals surface area contributed by atoms with Crippen molar-refractivity contribution < 1.29 is 9.53 Å². The maximum atomic E-state index is 12.5. The van der Waals surface area contributed by atoms with Gasteiger partial charge in [0.25, 0.3) is 5.91 Å². The molecule has 0 aliphatic carbocycles. The van der Waals surface area contributed by atoms with Crippen LogP contribution in [0.4, 0.5) is 5.82 Å². The fraction of sp³-hybridized carbons (Fsp3) is 0.263. The number of pyridine rings is 1. The predicted molar refractivity (Wildman–Crippen MR) is 99.5 cm³/mol. The molecule has 6 heteroatoms. The lowest BCUT2D eigenvalue weighted by atomic mass is 10.1. The van der Waals surface area contributed by atoms with E-state index in [4.69, 9.17) is 4.74 Å². The van der Waals surface area contributed by atoms with Crippen LogP contribution < -0.4 is 15.0 Å². The summed E-state index contributed by atoms with van der Waals surface area (Å²) in [6, 6.07) is 9.49. The molecule has 2 aromatic heterocycles. The van der Waals surface area contributed by atoms with Gasteiger partial charge in [0.2, 0.25) is 0 Å².